The average molecular weight is 410 g/mol. The summed E-state index contributed by atoms with van der Waals surface area (Å²) in [5.41, 5.74) is 1.56. The molecule has 2 saturated heterocycles. The third kappa shape index (κ3) is 4.97. The van der Waals surface area contributed by atoms with Crippen LogP contribution in [0, 0.1) is 11.8 Å². The van der Waals surface area contributed by atoms with E-state index >= 15 is 0 Å². The van der Waals surface area contributed by atoms with Gasteiger partial charge >= 0.3 is 6.03 Å². The SMILES string of the molecule is O=C(Nc1cccc(C#Cc2cccs2)c1)N1CCN(C(=O)[C@H]2CCCO2)CC1. The summed E-state index contributed by atoms with van der Waals surface area (Å²) < 4.78 is 5.48. The van der Waals surface area contributed by atoms with Crippen LogP contribution in [0.1, 0.15) is 23.3 Å². The number of hydrogen-bond acceptors (Lipinski definition) is 4. The second-order valence-corrected chi connectivity index (χ2v) is 8.00. The van der Waals surface area contributed by atoms with Gasteiger partial charge in [-0.1, -0.05) is 24.0 Å². The molecule has 29 heavy (non-hydrogen) atoms. The van der Waals surface area contributed by atoms with Crippen molar-refractivity contribution in [2.75, 3.05) is 38.1 Å². The van der Waals surface area contributed by atoms with Crippen molar-refractivity contribution in [1.82, 2.24) is 9.80 Å². The van der Waals surface area contributed by atoms with E-state index in [1.165, 1.54) is 0 Å². The van der Waals surface area contributed by atoms with Crippen molar-refractivity contribution in [3.8, 4) is 11.8 Å². The maximum absolute atomic E-state index is 12.6. The van der Waals surface area contributed by atoms with Gasteiger partial charge in [0, 0.05) is 44.0 Å². The molecule has 7 heteroatoms. The van der Waals surface area contributed by atoms with Gasteiger partial charge in [-0.05, 0) is 42.5 Å². The summed E-state index contributed by atoms with van der Waals surface area (Å²) in [4.78, 5) is 29.6. The Morgan fingerprint density at radius 3 is 2.62 bits per heavy atom. The Hall–Kier alpha value is -2.82. The molecule has 1 atom stereocenters. The van der Waals surface area contributed by atoms with Gasteiger partial charge in [0.2, 0.25) is 0 Å². The lowest BCUT2D eigenvalue weighted by molar-refractivity contribution is -0.142. The fourth-order valence-electron chi connectivity index (χ4n) is 3.47. The fourth-order valence-corrected chi connectivity index (χ4v) is 4.04. The second-order valence-electron chi connectivity index (χ2n) is 7.05. The van der Waals surface area contributed by atoms with Crippen LogP contribution in [0.5, 0.6) is 0 Å². The van der Waals surface area contributed by atoms with E-state index in [2.05, 4.69) is 17.2 Å². The summed E-state index contributed by atoms with van der Waals surface area (Å²) >= 11 is 1.60. The van der Waals surface area contributed by atoms with Gasteiger partial charge in [0.25, 0.3) is 5.91 Å². The van der Waals surface area contributed by atoms with E-state index in [4.69, 9.17) is 4.74 Å². The number of rotatable bonds is 2. The molecular formula is C22H23N3O3S. The normalized spacial score (nSPS) is 18.8. The van der Waals surface area contributed by atoms with E-state index in [0.29, 0.717) is 38.5 Å². The number of carbonyl (C=O) groups excluding carboxylic acids is 2. The number of carbonyl (C=O) groups is 2. The van der Waals surface area contributed by atoms with E-state index in [-0.39, 0.29) is 18.0 Å². The van der Waals surface area contributed by atoms with Crippen molar-refractivity contribution in [1.29, 1.82) is 0 Å². The van der Waals surface area contributed by atoms with Crippen LogP contribution < -0.4 is 5.32 Å². The largest absolute Gasteiger partial charge is 0.368 e. The lowest BCUT2D eigenvalue weighted by Crippen LogP contribution is -2.53. The Bertz CT molecular complexity index is 918. The first kappa shape index (κ1) is 19.5. The summed E-state index contributed by atoms with van der Waals surface area (Å²) in [6.07, 6.45) is 1.44. The minimum Gasteiger partial charge on any atom is -0.368 e. The topological polar surface area (TPSA) is 61.9 Å². The predicted octanol–water partition coefficient (Wildman–Crippen LogP) is 3.00. The Labute approximate surface area is 174 Å². The van der Waals surface area contributed by atoms with E-state index in [9.17, 15) is 9.59 Å². The Kier molecular flexibility index (Phi) is 6.13. The van der Waals surface area contributed by atoms with Crippen molar-refractivity contribution in [2.24, 2.45) is 0 Å². The molecule has 2 aliphatic rings. The van der Waals surface area contributed by atoms with Crippen LogP contribution in [0.2, 0.25) is 0 Å². The highest BCUT2D eigenvalue weighted by Crippen LogP contribution is 2.17. The first-order valence-corrected chi connectivity index (χ1v) is 10.7. The number of hydrogen-bond donors (Lipinski definition) is 1. The van der Waals surface area contributed by atoms with Crippen LogP contribution in [0.25, 0.3) is 0 Å². The maximum Gasteiger partial charge on any atom is 0.321 e. The number of ether oxygens (including phenoxy) is 1. The Morgan fingerprint density at radius 1 is 1.07 bits per heavy atom. The molecule has 0 saturated carbocycles. The highest BCUT2D eigenvalue weighted by molar-refractivity contribution is 7.10. The number of benzene rings is 1. The zero-order valence-corrected chi connectivity index (χ0v) is 16.9. The van der Waals surface area contributed by atoms with E-state index in [1.54, 1.807) is 21.1 Å². The van der Waals surface area contributed by atoms with E-state index in [1.807, 2.05) is 41.8 Å². The number of urea groups is 1. The number of anilines is 1. The van der Waals surface area contributed by atoms with Gasteiger partial charge in [0.15, 0.2) is 0 Å². The molecule has 4 rings (SSSR count). The van der Waals surface area contributed by atoms with Crippen LogP contribution in [0.4, 0.5) is 10.5 Å². The summed E-state index contributed by atoms with van der Waals surface area (Å²) in [7, 11) is 0. The van der Waals surface area contributed by atoms with Crippen LogP contribution in [-0.2, 0) is 9.53 Å². The predicted molar refractivity (Wildman–Crippen MR) is 113 cm³/mol. The van der Waals surface area contributed by atoms with Crippen molar-refractivity contribution in [3.05, 3.63) is 52.2 Å². The van der Waals surface area contributed by atoms with Crippen molar-refractivity contribution in [3.63, 3.8) is 0 Å². The molecule has 150 valence electrons. The molecule has 3 amide bonds. The minimum absolute atomic E-state index is 0.0552. The third-order valence-corrected chi connectivity index (χ3v) is 5.83. The number of thiophene rings is 1. The lowest BCUT2D eigenvalue weighted by atomic mass is 10.2. The lowest BCUT2D eigenvalue weighted by Gasteiger charge is -2.35. The third-order valence-electron chi connectivity index (χ3n) is 5.05. The first-order chi connectivity index (χ1) is 14.2. The number of piperazine rings is 1. The molecule has 3 heterocycles. The molecule has 2 fully saturated rings. The van der Waals surface area contributed by atoms with Gasteiger partial charge in [-0.15, -0.1) is 11.3 Å². The zero-order valence-electron chi connectivity index (χ0n) is 16.1. The summed E-state index contributed by atoms with van der Waals surface area (Å²) in [5, 5.41) is 4.93. The molecule has 2 aromatic rings. The quantitative estimate of drug-likeness (QED) is 0.776. The van der Waals surface area contributed by atoms with Crippen LogP contribution in [-0.4, -0.2) is 60.6 Å². The van der Waals surface area contributed by atoms with Crippen LogP contribution in [0.3, 0.4) is 0 Å². The highest BCUT2D eigenvalue weighted by atomic mass is 32.1. The van der Waals surface area contributed by atoms with Gasteiger partial charge in [-0.3, -0.25) is 4.79 Å². The molecule has 0 spiro atoms. The van der Waals surface area contributed by atoms with E-state index < -0.39 is 0 Å². The summed E-state index contributed by atoms with van der Waals surface area (Å²) in [6, 6.07) is 11.3. The molecule has 1 aromatic heterocycles. The van der Waals surface area contributed by atoms with E-state index in [0.717, 1.165) is 23.3 Å². The van der Waals surface area contributed by atoms with Crippen molar-refractivity contribution in [2.45, 2.75) is 18.9 Å². The second kappa shape index (κ2) is 9.12. The average Bonchev–Trinajstić information content (AvgIpc) is 3.46. The molecule has 2 aliphatic heterocycles. The van der Waals surface area contributed by atoms with Gasteiger partial charge < -0.3 is 19.9 Å². The molecule has 1 N–H and O–H groups in total. The van der Waals surface area contributed by atoms with Crippen molar-refractivity contribution >= 4 is 29.0 Å². The first-order valence-electron chi connectivity index (χ1n) is 9.81. The molecular weight excluding hydrogens is 386 g/mol. The number of nitrogens with zero attached hydrogens (tertiary/aromatic N) is 2. The van der Waals surface area contributed by atoms with Gasteiger partial charge in [-0.25, -0.2) is 4.79 Å². The standard InChI is InChI=1S/C22H23N3O3S/c26-21(20-7-2-14-28-20)24-10-12-25(13-11-24)22(27)23-18-5-1-4-17(16-18)8-9-19-6-3-15-29-19/h1,3-6,15-16,20H,2,7,10-14H2,(H,23,27)/t20-/m1/s1. The minimum atomic E-state index is -0.298. The smallest absolute Gasteiger partial charge is 0.321 e. The molecule has 1 aromatic carbocycles. The molecule has 0 bridgehead atoms. The molecule has 6 nitrogen and oxygen atoms in total. The summed E-state index contributed by atoms with van der Waals surface area (Å²) in [5.74, 6) is 6.30. The van der Waals surface area contributed by atoms with Crippen molar-refractivity contribution < 1.29 is 14.3 Å². The zero-order chi connectivity index (χ0) is 20.1. The number of nitrogens with one attached hydrogen (secondary N) is 1. The maximum atomic E-state index is 12.6. The Balaban J connectivity index is 1.31. The summed E-state index contributed by atoms with van der Waals surface area (Å²) in [6.45, 7) is 2.77. The number of amides is 3. The fraction of sp³-hybridized carbons (Fsp3) is 0.364. The van der Waals surface area contributed by atoms with Gasteiger partial charge in [0.1, 0.15) is 6.10 Å². The Morgan fingerprint density at radius 2 is 1.90 bits per heavy atom. The molecule has 0 aliphatic carbocycles. The molecule has 0 radical (unpaired) electrons. The monoisotopic (exact) mass is 409 g/mol. The van der Waals surface area contributed by atoms with Gasteiger partial charge in [-0.2, -0.15) is 0 Å². The van der Waals surface area contributed by atoms with Gasteiger partial charge in [0.05, 0.1) is 4.88 Å². The van der Waals surface area contributed by atoms with Crippen LogP contribution in [0.15, 0.2) is 41.8 Å². The molecule has 0 unspecified atom stereocenters. The highest BCUT2D eigenvalue weighted by Gasteiger charge is 2.31. The van der Waals surface area contributed by atoms with Crippen LogP contribution >= 0.6 is 11.3 Å².